The van der Waals surface area contributed by atoms with Gasteiger partial charge < -0.3 is 4.74 Å². The van der Waals surface area contributed by atoms with Crippen molar-refractivity contribution in [2.24, 2.45) is 0 Å². The topological polar surface area (TPSA) is 43.4 Å². The maximum Gasteiger partial charge on any atom is 0.192 e. The van der Waals surface area contributed by atoms with Gasteiger partial charge in [0.2, 0.25) is 0 Å². The highest BCUT2D eigenvalue weighted by atomic mass is 35.5. The molecule has 1 aromatic rings. The van der Waals surface area contributed by atoms with Gasteiger partial charge in [0, 0.05) is 25.7 Å². The first-order valence-electron chi connectivity index (χ1n) is 5.14. The molecule has 0 aromatic heterocycles. The SMILES string of the molecule is CC(=O)C=O.CCOC.Cc1ccc(Cl)cc1. The smallest absolute Gasteiger partial charge is 0.192 e. The van der Waals surface area contributed by atoms with E-state index in [1.807, 2.05) is 38.1 Å². The van der Waals surface area contributed by atoms with E-state index in [0.717, 1.165) is 11.6 Å². The lowest BCUT2D eigenvalue weighted by Gasteiger charge is -1.88. The number of ketones is 1. The average Bonchev–Trinajstić information content (AvgIpc) is 2.34. The fraction of sp³-hybridized carbons (Fsp3) is 0.385. The second kappa shape index (κ2) is 12.9. The molecule has 0 aliphatic heterocycles. The summed E-state index contributed by atoms with van der Waals surface area (Å²) in [7, 11) is 1.68. The predicted octanol–water partition coefficient (Wildman–Crippen LogP) is 3.08. The van der Waals surface area contributed by atoms with Crippen molar-refractivity contribution >= 4 is 23.7 Å². The monoisotopic (exact) mass is 258 g/mol. The number of hydrogen-bond acceptors (Lipinski definition) is 3. The van der Waals surface area contributed by atoms with Crippen molar-refractivity contribution in [1.82, 2.24) is 0 Å². The maximum absolute atomic E-state index is 9.44. The Hall–Kier alpha value is -1.19. The third-order valence-electron chi connectivity index (χ3n) is 1.47. The van der Waals surface area contributed by atoms with Crippen LogP contribution >= 0.6 is 11.6 Å². The Morgan fingerprint density at radius 1 is 1.35 bits per heavy atom. The van der Waals surface area contributed by atoms with Crippen LogP contribution in [0.25, 0.3) is 0 Å². The van der Waals surface area contributed by atoms with Crippen molar-refractivity contribution in [2.75, 3.05) is 13.7 Å². The van der Waals surface area contributed by atoms with Crippen LogP contribution in [0.1, 0.15) is 19.4 Å². The van der Waals surface area contributed by atoms with E-state index >= 15 is 0 Å². The van der Waals surface area contributed by atoms with Gasteiger partial charge in [0.25, 0.3) is 0 Å². The van der Waals surface area contributed by atoms with Crippen LogP contribution in [0.2, 0.25) is 5.02 Å². The standard InChI is InChI=1S/C7H7Cl.C3H4O2.C3H8O/c1-6-2-4-7(8)5-3-6;1-3(5)2-4;1-3-4-2/h2-5H,1H3;2H,1H3;3H2,1-2H3. The summed E-state index contributed by atoms with van der Waals surface area (Å²) in [6, 6.07) is 7.75. The van der Waals surface area contributed by atoms with Gasteiger partial charge in [-0.05, 0) is 26.0 Å². The van der Waals surface area contributed by atoms with Gasteiger partial charge >= 0.3 is 0 Å². The molecule has 0 saturated carbocycles. The highest BCUT2D eigenvalue weighted by Gasteiger charge is 1.81. The van der Waals surface area contributed by atoms with Crippen molar-refractivity contribution in [3.63, 3.8) is 0 Å². The minimum Gasteiger partial charge on any atom is -0.385 e. The molecule has 3 nitrogen and oxygen atoms in total. The second-order valence-corrected chi connectivity index (χ2v) is 3.54. The third kappa shape index (κ3) is 17.4. The minimum atomic E-state index is -0.426. The number of benzene rings is 1. The molecule has 0 radical (unpaired) electrons. The van der Waals surface area contributed by atoms with Crippen LogP contribution in [0.5, 0.6) is 0 Å². The lowest BCUT2D eigenvalue weighted by Crippen LogP contribution is -1.85. The first-order valence-corrected chi connectivity index (χ1v) is 5.52. The van der Waals surface area contributed by atoms with Crippen LogP contribution < -0.4 is 0 Å². The molecule has 0 atom stereocenters. The zero-order valence-electron chi connectivity index (χ0n) is 10.7. The molecule has 0 heterocycles. The largest absolute Gasteiger partial charge is 0.385 e. The molecule has 4 heteroatoms. The van der Waals surface area contributed by atoms with E-state index in [-0.39, 0.29) is 6.29 Å². The van der Waals surface area contributed by atoms with Crippen molar-refractivity contribution in [3.8, 4) is 0 Å². The van der Waals surface area contributed by atoms with Crippen molar-refractivity contribution in [1.29, 1.82) is 0 Å². The second-order valence-electron chi connectivity index (χ2n) is 3.10. The zero-order chi connectivity index (χ0) is 13.7. The molecule has 1 aromatic carbocycles. The third-order valence-corrected chi connectivity index (χ3v) is 1.72. The van der Waals surface area contributed by atoms with E-state index in [0.29, 0.717) is 0 Å². The molecule has 0 unspecified atom stereocenters. The number of hydrogen-bond donors (Lipinski definition) is 0. The highest BCUT2D eigenvalue weighted by molar-refractivity contribution is 6.30. The number of rotatable bonds is 2. The molecule has 0 aliphatic rings. The molecule has 0 saturated heterocycles. The number of ether oxygens (including phenoxy) is 1. The molecule has 0 N–H and O–H groups in total. The Morgan fingerprint density at radius 3 is 1.88 bits per heavy atom. The Labute approximate surface area is 108 Å². The van der Waals surface area contributed by atoms with E-state index in [1.165, 1.54) is 12.5 Å². The van der Waals surface area contributed by atoms with Gasteiger partial charge in [-0.25, -0.2) is 0 Å². The van der Waals surface area contributed by atoms with Crippen LogP contribution in [-0.2, 0) is 14.3 Å². The van der Waals surface area contributed by atoms with Crippen molar-refractivity contribution in [2.45, 2.75) is 20.8 Å². The number of carbonyl (C=O) groups is 2. The summed E-state index contributed by atoms with van der Waals surface area (Å²) < 4.78 is 4.54. The molecule has 0 bridgehead atoms. The first-order chi connectivity index (χ1) is 7.97. The Morgan fingerprint density at radius 2 is 1.71 bits per heavy atom. The van der Waals surface area contributed by atoms with Gasteiger partial charge in [-0.2, -0.15) is 0 Å². The summed E-state index contributed by atoms with van der Waals surface area (Å²) in [6.45, 7) is 6.03. The number of methoxy groups -OCH3 is 1. The van der Waals surface area contributed by atoms with Crippen LogP contribution in [0, 0.1) is 6.92 Å². The summed E-state index contributed by atoms with van der Waals surface area (Å²) in [6.07, 6.45) is 0.278. The van der Waals surface area contributed by atoms with Gasteiger partial charge in [-0.15, -0.1) is 0 Å². The maximum atomic E-state index is 9.44. The minimum absolute atomic E-state index is 0.278. The van der Waals surface area contributed by atoms with Gasteiger partial charge in [0.1, 0.15) is 0 Å². The summed E-state index contributed by atoms with van der Waals surface area (Å²) in [4.78, 5) is 18.6. The normalized spacial score (nSPS) is 8.06. The Balaban J connectivity index is 0. The van der Waals surface area contributed by atoms with E-state index in [9.17, 15) is 4.79 Å². The van der Waals surface area contributed by atoms with Crippen LogP contribution in [-0.4, -0.2) is 25.8 Å². The van der Waals surface area contributed by atoms with E-state index < -0.39 is 5.78 Å². The molecule has 0 fully saturated rings. The number of aldehydes is 1. The average molecular weight is 259 g/mol. The van der Waals surface area contributed by atoms with E-state index in [4.69, 9.17) is 16.4 Å². The fourth-order valence-electron chi connectivity index (χ4n) is 0.533. The van der Waals surface area contributed by atoms with E-state index in [2.05, 4.69) is 4.74 Å². The number of aryl methyl sites for hydroxylation is 1. The van der Waals surface area contributed by atoms with Crippen LogP contribution in [0.4, 0.5) is 0 Å². The molecular formula is C13H19ClO3. The quantitative estimate of drug-likeness (QED) is 0.605. The summed E-state index contributed by atoms with van der Waals surface area (Å²) in [5, 5.41) is 0.801. The van der Waals surface area contributed by atoms with Gasteiger partial charge in [0.05, 0.1) is 0 Å². The van der Waals surface area contributed by atoms with Crippen LogP contribution in [0.3, 0.4) is 0 Å². The van der Waals surface area contributed by atoms with Crippen molar-refractivity contribution < 1.29 is 14.3 Å². The summed E-state index contributed by atoms with van der Waals surface area (Å²) in [5.41, 5.74) is 1.24. The fourth-order valence-corrected chi connectivity index (χ4v) is 0.659. The van der Waals surface area contributed by atoms with Gasteiger partial charge in [-0.3, -0.25) is 9.59 Å². The summed E-state index contributed by atoms with van der Waals surface area (Å²) >= 11 is 5.61. The molecule has 0 spiro atoms. The molecule has 17 heavy (non-hydrogen) atoms. The summed E-state index contributed by atoms with van der Waals surface area (Å²) in [5.74, 6) is -0.426. The Bertz CT molecular complexity index is 284. The number of Topliss-reactive ketones (excluding diaryl/α,β-unsaturated/α-hetero) is 1. The number of halogens is 1. The molecule has 0 aliphatic carbocycles. The predicted molar refractivity (Wildman–Crippen MR) is 70.5 cm³/mol. The molecule has 96 valence electrons. The molecule has 1 rings (SSSR count). The number of carbonyl (C=O) groups excluding carboxylic acids is 2. The lowest BCUT2D eigenvalue weighted by atomic mass is 10.2. The van der Waals surface area contributed by atoms with Crippen molar-refractivity contribution in [3.05, 3.63) is 34.9 Å². The first kappa shape index (κ1) is 18.2. The Kier molecular flexibility index (Phi) is 13.8. The van der Waals surface area contributed by atoms with Crippen LogP contribution in [0.15, 0.2) is 24.3 Å². The van der Waals surface area contributed by atoms with Gasteiger partial charge in [0.15, 0.2) is 12.1 Å². The highest BCUT2D eigenvalue weighted by Crippen LogP contribution is 2.07. The zero-order valence-corrected chi connectivity index (χ0v) is 11.5. The molecule has 0 amide bonds. The molecular weight excluding hydrogens is 240 g/mol. The van der Waals surface area contributed by atoms with Gasteiger partial charge in [-0.1, -0.05) is 29.3 Å². The lowest BCUT2D eigenvalue weighted by molar-refractivity contribution is -0.128. The van der Waals surface area contributed by atoms with E-state index in [1.54, 1.807) is 7.11 Å².